The maximum Gasteiger partial charge on any atom is 0.290 e. The summed E-state index contributed by atoms with van der Waals surface area (Å²) in [6, 6.07) is 10.0. The van der Waals surface area contributed by atoms with E-state index in [9.17, 15) is 14.7 Å². The minimum atomic E-state index is -0.794. The lowest BCUT2D eigenvalue weighted by molar-refractivity contribution is -0.130. The summed E-state index contributed by atoms with van der Waals surface area (Å²) in [6.45, 7) is 7.23. The lowest BCUT2D eigenvalue weighted by atomic mass is 9.83. The van der Waals surface area contributed by atoms with E-state index in [1.54, 1.807) is 53.0 Å². The van der Waals surface area contributed by atoms with Crippen LogP contribution in [0.5, 0.6) is 5.75 Å². The van der Waals surface area contributed by atoms with Crippen molar-refractivity contribution in [2.75, 3.05) is 7.11 Å². The Bertz CT molecular complexity index is 948. The van der Waals surface area contributed by atoms with Crippen LogP contribution in [0, 0.1) is 12.3 Å². The summed E-state index contributed by atoms with van der Waals surface area (Å²) in [5.41, 5.74) is 0.0786. The smallest absolute Gasteiger partial charge is 0.290 e. The molecular weight excluding hydrogens is 358 g/mol. The highest BCUT2D eigenvalue weighted by Gasteiger charge is 2.47. The molecule has 1 amide bonds. The Hall–Kier alpha value is -3.02. The Kier molecular flexibility index (Phi) is 5.06. The largest absolute Gasteiger partial charge is 0.503 e. The van der Waals surface area contributed by atoms with Crippen LogP contribution in [0.25, 0.3) is 0 Å². The SMILES string of the molecule is COc1ccccc1CN1C(=O)C(O)=C(C(=O)C(C)(C)C)C1c1ccc(C)o1. The van der Waals surface area contributed by atoms with Gasteiger partial charge in [0.25, 0.3) is 5.91 Å². The van der Waals surface area contributed by atoms with E-state index in [0.717, 1.165) is 5.56 Å². The van der Waals surface area contributed by atoms with Crippen molar-refractivity contribution < 1.29 is 23.8 Å². The summed E-state index contributed by atoms with van der Waals surface area (Å²) in [5.74, 6) is 0.317. The fourth-order valence-corrected chi connectivity index (χ4v) is 3.37. The summed E-state index contributed by atoms with van der Waals surface area (Å²) >= 11 is 0. The Morgan fingerprint density at radius 1 is 1.21 bits per heavy atom. The van der Waals surface area contributed by atoms with Gasteiger partial charge in [-0.25, -0.2) is 0 Å². The first-order valence-corrected chi connectivity index (χ1v) is 9.12. The molecule has 0 fully saturated rings. The van der Waals surface area contributed by atoms with Gasteiger partial charge in [0.1, 0.15) is 23.3 Å². The van der Waals surface area contributed by atoms with E-state index in [4.69, 9.17) is 9.15 Å². The van der Waals surface area contributed by atoms with Gasteiger partial charge in [-0.2, -0.15) is 0 Å². The van der Waals surface area contributed by atoms with Gasteiger partial charge < -0.3 is 19.2 Å². The first-order chi connectivity index (χ1) is 13.1. The van der Waals surface area contributed by atoms with Crippen LogP contribution in [0.2, 0.25) is 0 Å². The van der Waals surface area contributed by atoms with E-state index in [1.807, 2.05) is 18.2 Å². The molecule has 6 nitrogen and oxygen atoms in total. The van der Waals surface area contributed by atoms with Crippen LogP contribution < -0.4 is 4.74 Å². The molecule has 1 aliphatic rings. The molecule has 6 heteroatoms. The third kappa shape index (κ3) is 3.42. The number of furan rings is 1. The topological polar surface area (TPSA) is 80.0 Å². The minimum Gasteiger partial charge on any atom is -0.503 e. The number of ketones is 1. The molecule has 1 unspecified atom stereocenters. The third-order valence-electron chi connectivity index (χ3n) is 4.79. The van der Waals surface area contributed by atoms with Gasteiger partial charge in [0.15, 0.2) is 11.5 Å². The highest BCUT2D eigenvalue weighted by atomic mass is 16.5. The number of carbonyl (C=O) groups excluding carboxylic acids is 2. The van der Waals surface area contributed by atoms with Crippen LogP contribution in [0.15, 0.2) is 52.1 Å². The number of hydrogen-bond donors (Lipinski definition) is 1. The predicted octanol–water partition coefficient (Wildman–Crippen LogP) is 4.11. The van der Waals surface area contributed by atoms with Crippen molar-refractivity contribution in [1.82, 2.24) is 4.90 Å². The molecule has 3 rings (SSSR count). The molecule has 1 aromatic carbocycles. The zero-order valence-corrected chi connectivity index (χ0v) is 16.8. The molecule has 1 aromatic heterocycles. The molecule has 1 atom stereocenters. The van der Waals surface area contributed by atoms with Gasteiger partial charge in [-0.05, 0) is 25.1 Å². The standard InChI is InChI=1S/C22H25NO5/c1-13-10-11-16(28-13)18-17(20(25)22(2,3)4)19(24)21(26)23(18)12-14-8-6-7-9-15(14)27-5/h6-11,18,24H,12H2,1-5H3. The number of Topliss-reactive ketones (excluding diaryl/α,β-unsaturated/α-hetero) is 1. The molecule has 1 aliphatic heterocycles. The molecular formula is C22H25NO5. The van der Waals surface area contributed by atoms with Crippen molar-refractivity contribution in [3.8, 4) is 5.75 Å². The van der Waals surface area contributed by atoms with Crippen LogP contribution in [0.4, 0.5) is 0 Å². The first kappa shape index (κ1) is 19.7. The normalized spacial score (nSPS) is 17.4. The maximum atomic E-state index is 13.1. The van der Waals surface area contributed by atoms with E-state index in [0.29, 0.717) is 17.3 Å². The summed E-state index contributed by atoms with van der Waals surface area (Å²) < 4.78 is 11.1. The van der Waals surface area contributed by atoms with Gasteiger partial charge in [0.05, 0.1) is 19.2 Å². The lowest BCUT2D eigenvalue weighted by Gasteiger charge is -2.27. The van der Waals surface area contributed by atoms with E-state index in [2.05, 4.69) is 0 Å². The van der Waals surface area contributed by atoms with Crippen molar-refractivity contribution in [2.45, 2.75) is 40.3 Å². The number of aliphatic hydroxyl groups excluding tert-OH is 1. The Balaban J connectivity index is 2.09. The van der Waals surface area contributed by atoms with Crippen LogP contribution in [0.1, 0.15) is 43.9 Å². The average molecular weight is 383 g/mol. The number of hydrogen-bond acceptors (Lipinski definition) is 5. The molecule has 0 saturated heterocycles. The van der Waals surface area contributed by atoms with Crippen molar-refractivity contribution in [3.05, 3.63) is 64.8 Å². The summed E-state index contributed by atoms with van der Waals surface area (Å²) in [6.07, 6.45) is 0. The zero-order chi connectivity index (χ0) is 20.6. The van der Waals surface area contributed by atoms with Crippen LogP contribution in [-0.2, 0) is 16.1 Å². The average Bonchev–Trinajstić information content (AvgIpc) is 3.17. The Morgan fingerprint density at radius 3 is 2.46 bits per heavy atom. The van der Waals surface area contributed by atoms with Gasteiger partial charge in [-0.1, -0.05) is 39.0 Å². The minimum absolute atomic E-state index is 0.0711. The number of rotatable bonds is 5. The number of para-hydroxylation sites is 1. The number of aliphatic hydroxyl groups is 1. The molecule has 148 valence electrons. The number of methoxy groups -OCH3 is 1. The third-order valence-corrected chi connectivity index (χ3v) is 4.79. The van der Waals surface area contributed by atoms with Gasteiger partial charge in [0, 0.05) is 11.0 Å². The van der Waals surface area contributed by atoms with Crippen LogP contribution in [0.3, 0.4) is 0 Å². The number of nitrogens with zero attached hydrogens (tertiary/aromatic N) is 1. The molecule has 0 aliphatic carbocycles. The van der Waals surface area contributed by atoms with Crippen molar-refractivity contribution in [2.24, 2.45) is 5.41 Å². The summed E-state index contributed by atoms with van der Waals surface area (Å²) in [7, 11) is 1.56. The zero-order valence-electron chi connectivity index (χ0n) is 16.8. The lowest BCUT2D eigenvalue weighted by Crippen LogP contribution is -2.32. The number of amides is 1. The maximum absolute atomic E-state index is 13.1. The molecule has 2 heterocycles. The molecule has 0 radical (unpaired) electrons. The monoisotopic (exact) mass is 383 g/mol. The quantitative estimate of drug-likeness (QED) is 0.840. The second-order valence-electron chi connectivity index (χ2n) is 7.94. The second kappa shape index (κ2) is 7.19. The van der Waals surface area contributed by atoms with Crippen LogP contribution in [-0.4, -0.2) is 28.8 Å². The highest BCUT2D eigenvalue weighted by Crippen LogP contribution is 2.42. The fourth-order valence-electron chi connectivity index (χ4n) is 3.37. The Morgan fingerprint density at radius 2 is 1.89 bits per heavy atom. The van der Waals surface area contributed by atoms with E-state index >= 15 is 0 Å². The molecule has 2 aromatic rings. The number of aryl methyl sites for hydroxylation is 1. The molecule has 0 spiro atoms. The van der Waals surface area contributed by atoms with E-state index in [1.165, 1.54) is 4.90 Å². The highest BCUT2D eigenvalue weighted by molar-refractivity contribution is 6.10. The van der Waals surface area contributed by atoms with Crippen LogP contribution >= 0.6 is 0 Å². The number of ether oxygens (including phenoxy) is 1. The van der Waals surface area contributed by atoms with E-state index in [-0.39, 0.29) is 17.9 Å². The van der Waals surface area contributed by atoms with Crippen molar-refractivity contribution in [3.63, 3.8) is 0 Å². The molecule has 28 heavy (non-hydrogen) atoms. The number of benzene rings is 1. The molecule has 0 saturated carbocycles. The van der Waals surface area contributed by atoms with E-state index < -0.39 is 23.1 Å². The van der Waals surface area contributed by atoms with Crippen molar-refractivity contribution in [1.29, 1.82) is 0 Å². The van der Waals surface area contributed by atoms with Gasteiger partial charge >= 0.3 is 0 Å². The first-order valence-electron chi connectivity index (χ1n) is 9.12. The summed E-state index contributed by atoms with van der Waals surface area (Å²) in [5, 5.41) is 10.6. The molecule has 1 N–H and O–H groups in total. The predicted molar refractivity (Wildman–Crippen MR) is 104 cm³/mol. The number of carbonyl (C=O) groups is 2. The summed E-state index contributed by atoms with van der Waals surface area (Å²) in [4.78, 5) is 27.4. The second-order valence-corrected chi connectivity index (χ2v) is 7.94. The Labute approximate surface area is 164 Å². The van der Waals surface area contributed by atoms with Gasteiger partial charge in [0.2, 0.25) is 0 Å². The van der Waals surface area contributed by atoms with Gasteiger partial charge in [-0.3, -0.25) is 9.59 Å². The fraction of sp³-hybridized carbons (Fsp3) is 0.364. The van der Waals surface area contributed by atoms with Crippen molar-refractivity contribution >= 4 is 11.7 Å². The molecule has 0 bridgehead atoms. The van der Waals surface area contributed by atoms with Gasteiger partial charge in [-0.15, -0.1) is 0 Å².